The van der Waals surface area contributed by atoms with Crippen molar-refractivity contribution in [3.63, 3.8) is 0 Å². The number of aliphatic carboxylic acids is 1. The highest BCUT2D eigenvalue weighted by Gasteiger charge is 2.35. The van der Waals surface area contributed by atoms with Crippen LogP contribution in [-0.4, -0.2) is 41.8 Å². The van der Waals surface area contributed by atoms with Crippen molar-refractivity contribution in [3.05, 3.63) is 36.0 Å². The number of carboxylic acid groups (broad SMARTS) is 1. The molecule has 0 aliphatic rings. The fraction of sp³-hybridized carbons (Fsp3) is 0.474. The molecule has 136 valence electrons. The molecule has 0 saturated carbocycles. The minimum absolute atomic E-state index is 0.117. The number of hydrogen-bond donors (Lipinski definition) is 2. The summed E-state index contributed by atoms with van der Waals surface area (Å²) in [6.07, 6.45) is 2.74. The topological polar surface area (TPSA) is 80.6 Å². The highest BCUT2D eigenvalue weighted by atomic mass is 16.5. The second kappa shape index (κ2) is 8.16. The first-order valence-electron chi connectivity index (χ1n) is 8.57. The molecule has 0 spiro atoms. The monoisotopic (exact) mass is 346 g/mol. The molecule has 0 radical (unpaired) electrons. The van der Waals surface area contributed by atoms with E-state index in [0.29, 0.717) is 31.6 Å². The predicted octanol–water partition coefficient (Wildman–Crippen LogP) is 2.91. The van der Waals surface area contributed by atoms with E-state index in [9.17, 15) is 14.7 Å². The van der Waals surface area contributed by atoms with Crippen LogP contribution in [-0.2, 0) is 16.1 Å². The number of benzene rings is 1. The second-order valence-electron chi connectivity index (χ2n) is 6.22. The summed E-state index contributed by atoms with van der Waals surface area (Å²) in [6, 6.07) is 7.68. The third-order valence-electron chi connectivity index (χ3n) is 4.96. The number of ether oxygens (including phenoxy) is 1. The van der Waals surface area contributed by atoms with Gasteiger partial charge >= 0.3 is 5.97 Å². The SMILES string of the molecule is CCC(CC)(CNC(=O)c1cn(CCOC)c2ccccc12)C(=O)O. The Morgan fingerprint density at radius 2 is 1.92 bits per heavy atom. The molecular weight excluding hydrogens is 320 g/mol. The number of para-hydroxylation sites is 1. The normalized spacial score (nSPS) is 11.6. The van der Waals surface area contributed by atoms with E-state index in [1.54, 1.807) is 13.3 Å². The molecule has 0 atom stereocenters. The second-order valence-corrected chi connectivity index (χ2v) is 6.22. The van der Waals surface area contributed by atoms with Gasteiger partial charge in [-0.3, -0.25) is 9.59 Å². The average Bonchev–Trinajstić information content (AvgIpc) is 2.99. The molecule has 1 aromatic carbocycles. The van der Waals surface area contributed by atoms with Gasteiger partial charge in [-0.25, -0.2) is 0 Å². The van der Waals surface area contributed by atoms with Crippen molar-refractivity contribution < 1.29 is 19.4 Å². The van der Waals surface area contributed by atoms with E-state index < -0.39 is 11.4 Å². The third kappa shape index (κ3) is 3.85. The number of carbonyl (C=O) groups excluding carboxylic acids is 1. The van der Waals surface area contributed by atoms with E-state index in [1.807, 2.05) is 42.7 Å². The summed E-state index contributed by atoms with van der Waals surface area (Å²) < 4.78 is 7.11. The lowest BCUT2D eigenvalue weighted by Gasteiger charge is -2.26. The molecule has 0 fully saturated rings. The zero-order valence-electron chi connectivity index (χ0n) is 15.0. The van der Waals surface area contributed by atoms with Gasteiger partial charge in [0.1, 0.15) is 0 Å². The molecule has 6 nitrogen and oxygen atoms in total. The first kappa shape index (κ1) is 19.0. The van der Waals surface area contributed by atoms with Crippen LogP contribution < -0.4 is 5.32 Å². The third-order valence-corrected chi connectivity index (χ3v) is 4.96. The van der Waals surface area contributed by atoms with Gasteiger partial charge in [0.15, 0.2) is 0 Å². The molecule has 0 bridgehead atoms. The summed E-state index contributed by atoms with van der Waals surface area (Å²) in [4.78, 5) is 24.3. The van der Waals surface area contributed by atoms with Crippen molar-refractivity contribution in [3.8, 4) is 0 Å². The van der Waals surface area contributed by atoms with Crippen LogP contribution in [0.15, 0.2) is 30.5 Å². The highest BCUT2D eigenvalue weighted by Crippen LogP contribution is 2.26. The molecule has 1 heterocycles. The van der Waals surface area contributed by atoms with Gasteiger partial charge in [-0.1, -0.05) is 32.0 Å². The van der Waals surface area contributed by atoms with Gasteiger partial charge < -0.3 is 19.7 Å². The van der Waals surface area contributed by atoms with Crippen molar-refractivity contribution in [2.75, 3.05) is 20.3 Å². The molecule has 0 aliphatic heterocycles. The standard InChI is InChI=1S/C19H26N2O4/c1-4-19(5-2,18(23)24)13-20-17(22)15-12-21(10-11-25-3)16-9-7-6-8-14(15)16/h6-9,12H,4-5,10-11,13H2,1-3H3,(H,20,22)(H,23,24). The van der Waals surface area contributed by atoms with E-state index in [2.05, 4.69) is 5.32 Å². The van der Waals surface area contributed by atoms with E-state index >= 15 is 0 Å². The van der Waals surface area contributed by atoms with Crippen molar-refractivity contribution in [2.45, 2.75) is 33.2 Å². The lowest BCUT2D eigenvalue weighted by Crippen LogP contribution is -2.42. The van der Waals surface area contributed by atoms with Crippen LogP contribution in [0.3, 0.4) is 0 Å². The number of aromatic nitrogens is 1. The maximum Gasteiger partial charge on any atom is 0.311 e. The molecule has 1 amide bonds. The van der Waals surface area contributed by atoms with Crippen molar-refractivity contribution in [2.24, 2.45) is 5.41 Å². The molecule has 1 aromatic heterocycles. The Morgan fingerprint density at radius 1 is 1.24 bits per heavy atom. The smallest absolute Gasteiger partial charge is 0.311 e. The molecule has 2 N–H and O–H groups in total. The van der Waals surface area contributed by atoms with Crippen LogP contribution >= 0.6 is 0 Å². The van der Waals surface area contributed by atoms with E-state index in [4.69, 9.17) is 4.74 Å². The zero-order valence-corrected chi connectivity index (χ0v) is 15.0. The number of methoxy groups -OCH3 is 1. The quantitative estimate of drug-likeness (QED) is 0.731. The molecule has 2 aromatic rings. The molecule has 0 unspecified atom stereocenters. The van der Waals surface area contributed by atoms with Gasteiger partial charge in [0.2, 0.25) is 0 Å². The molecule has 25 heavy (non-hydrogen) atoms. The lowest BCUT2D eigenvalue weighted by molar-refractivity contribution is -0.149. The lowest BCUT2D eigenvalue weighted by atomic mass is 9.82. The summed E-state index contributed by atoms with van der Waals surface area (Å²) in [5, 5.41) is 13.2. The first-order valence-corrected chi connectivity index (χ1v) is 8.57. The minimum atomic E-state index is -0.927. The van der Waals surface area contributed by atoms with Crippen LogP contribution in [0.25, 0.3) is 10.9 Å². The zero-order chi connectivity index (χ0) is 18.4. The van der Waals surface area contributed by atoms with Crippen LogP contribution in [0.5, 0.6) is 0 Å². The molecule has 6 heteroatoms. The Morgan fingerprint density at radius 3 is 2.52 bits per heavy atom. The number of rotatable bonds is 9. The van der Waals surface area contributed by atoms with Gasteiger partial charge in [0, 0.05) is 37.3 Å². The van der Waals surface area contributed by atoms with Crippen LogP contribution in [0, 0.1) is 5.41 Å². The fourth-order valence-corrected chi connectivity index (χ4v) is 3.03. The largest absolute Gasteiger partial charge is 0.481 e. The van der Waals surface area contributed by atoms with Gasteiger partial charge in [-0.05, 0) is 18.9 Å². The number of fused-ring (bicyclic) bond motifs is 1. The average molecular weight is 346 g/mol. The maximum absolute atomic E-state index is 12.7. The molecular formula is C19H26N2O4. The number of nitrogens with one attached hydrogen (secondary N) is 1. The van der Waals surface area contributed by atoms with E-state index in [1.165, 1.54) is 0 Å². The summed E-state index contributed by atoms with van der Waals surface area (Å²) >= 11 is 0. The minimum Gasteiger partial charge on any atom is -0.481 e. The first-order chi connectivity index (χ1) is 12.0. The number of nitrogens with zero attached hydrogens (tertiary/aromatic N) is 1. The summed E-state index contributed by atoms with van der Waals surface area (Å²) in [7, 11) is 1.64. The summed E-state index contributed by atoms with van der Waals surface area (Å²) in [6.45, 7) is 4.98. The van der Waals surface area contributed by atoms with E-state index in [0.717, 1.165) is 10.9 Å². The van der Waals surface area contributed by atoms with Crippen molar-refractivity contribution >= 4 is 22.8 Å². The van der Waals surface area contributed by atoms with Crippen LogP contribution in [0.1, 0.15) is 37.0 Å². The van der Waals surface area contributed by atoms with Crippen LogP contribution in [0.4, 0.5) is 0 Å². The Hall–Kier alpha value is -2.34. The predicted molar refractivity (Wildman–Crippen MR) is 96.8 cm³/mol. The highest BCUT2D eigenvalue weighted by molar-refractivity contribution is 6.07. The van der Waals surface area contributed by atoms with E-state index in [-0.39, 0.29) is 12.5 Å². The van der Waals surface area contributed by atoms with Gasteiger partial charge in [0.05, 0.1) is 17.6 Å². The Kier molecular flexibility index (Phi) is 6.20. The fourth-order valence-electron chi connectivity index (χ4n) is 3.03. The van der Waals surface area contributed by atoms with Gasteiger partial charge in [-0.15, -0.1) is 0 Å². The number of carboxylic acids is 1. The molecule has 2 rings (SSSR count). The Bertz CT molecular complexity index is 747. The van der Waals surface area contributed by atoms with Crippen molar-refractivity contribution in [1.82, 2.24) is 9.88 Å². The Labute approximate surface area is 147 Å². The number of amides is 1. The molecule has 0 aliphatic carbocycles. The number of hydrogen-bond acceptors (Lipinski definition) is 3. The summed E-state index contributed by atoms with van der Waals surface area (Å²) in [5.41, 5.74) is 0.586. The number of carbonyl (C=O) groups is 2. The Balaban J connectivity index is 2.26. The van der Waals surface area contributed by atoms with Crippen LogP contribution in [0.2, 0.25) is 0 Å². The van der Waals surface area contributed by atoms with Crippen molar-refractivity contribution in [1.29, 1.82) is 0 Å². The van der Waals surface area contributed by atoms with Gasteiger partial charge in [-0.2, -0.15) is 0 Å². The van der Waals surface area contributed by atoms with Gasteiger partial charge in [0.25, 0.3) is 5.91 Å². The summed E-state index contributed by atoms with van der Waals surface area (Å²) in [5.74, 6) is -1.12. The molecule has 0 saturated heterocycles. The maximum atomic E-state index is 12.7.